The molecule has 3 amide bonds. The lowest BCUT2D eigenvalue weighted by Gasteiger charge is -2.28. The average molecular weight is 353 g/mol. The molecular weight excluding hydrogens is 329 g/mol. The second-order valence-electron chi connectivity index (χ2n) is 7.20. The van der Waals surface area contributed by atoms with Crippen LogP contribution in [0.15, 0.2) is 24.3 Å². The maximum Gasteiger partial charge on any atom is 0.408 e. The number of rotatable bonds is 4. The van der Waals surface area contributed by atoms with Crippen LogP contribution in [0.5, 0.6) is 0 Å². The minimum atomic E-state index is -0.882. The molecule has 0 aromatic heterocycles. The first-order valence-corrected chi connectivity index (χ1v) is 7.74. The first-order chi connectivity index (χ1) is 11.4. The Bertz CT molecular complexity index is 636. The van der Waals surface area contributed by atoms with Crippen LogP contribution in [0.1, 0.15) is 51.4 Å². The number of nitrogens with one attached hydrogen (secondary N) is 3. The topological polar surface area (TPSA) is 96.5 Å². The molecule has 0 aliphatic heterocycles. The number of hydrogen-bond donors (Lipinski definition) is 3. The molecular formula is C17H24FN3O4. The Labute approximate surface area is 146 Å². The summed E-state index contributed by atoms with van der Waals surface area (Å²) >= 11 is 0. The lowest BCUT2D eigenvalue weighted by atomic mass is 10.0. The number of amides is 3. The highest BCUT2D eigenvalue weighted by Crippen LogP contribution is 2.12. The summed E-state index contributed by atoms with van der Waals surface area (Å²) in [7, 11) is 0. The quantitative estimate of drug-likeness (QED) is 0.724. The molecule has 0 bridgehead atoms. The fraction of sp³-hybridized carbons (Fsp3) is 0.471. The van der Waals surface area contributed by atoms with Gasteiger partial charge in [0.2, 0.25) is 5.91 Å². The summed E-state index contributed by atoms with van der Waals surface area (Å²) in [6, 6.07) is 4.88. The van der Waals surface area contributed by atoms with Gasteiger partial charge < -0.3 is 10.1 Å². The SMILES string of the molecule is CC(C)(CC(=O)NNC(=O)c1ccc(F)cc1)NC(=O)OC(C)(C)C. The second kappa shape index (κ2) is 7.96. The highest BCUT2D eigenvalue weighted by molar-refractivity contribution is 5.95. The zero-order chi connectivity index (χ0) is 19.3. The summed E-state index contributed by atoms with van der Waals surface area (Å²) in [5, 5.41) is 2.59. The maximum atomic E-state index is 12.8. The molecule has 0 spiro atoms. The van der Waals surface area contributed by atoms with Gasteiger partial charge in [0.1, 0.15) is 11.4 Å². The molecule has 138 valence electrons. The number of alkyl carbamates (subject to hydrolysis) is 1. The van der Waals surface area contributed by atoms with Crippen molar-refractivity contribution in [1.82, 2.24) is 16.2 Å². The molecule has 1 aromatic rings. The smallest absolute Gasteiger partial charge is 0.408 e. The van der Waals surface area contributed by atoms with Gasteiger partial charge in [-0.25, -0.2) is 9.18 Å². The molecule has 0 unspecified atom stereocenters. The first-order valence-electron chi connectivity index (χ1n) is 7.74. The van der Waals surface area contributed by atoms with Crippen molar-refractivity contribution in [2.24, 2.45) is 0 Å². The van der Waals surface area contributed by atoms with Crippen molar-refractivity contribution in [1.29, 1.82) is 0 Å². The van der Waals surface area contributed by atoms with E-state index in [-0.39, 0.29) is 12.0 Å². The molecule has 0 atom stereocenters. The van der Waals surface area contributed by atoms with Gasteiger partial charge in [0.05, 0.1) is 6.42 Å². The molecule has 0 heterocycles. The Balaban J connectivity index is 2.48. The van der Waals surface area contributed by atoms with Gasteiger partial charge in [-0.2, -0.15) is 0 Å². The highest BCUT2D eigenvalue weighted by atomic mass is 19.1. The highest BCUT2D eigenvalue weighted by Gasteiger charge is 2.27. The minimum absolute atomic E-state index is 0.0874. The zero-order valence-electron chi connectivity index (χ0n) is 15.0. The van der Waals surface area contributed by atoms with Crippen LogP contribution in [0.4, 0.5) is 9.18 Å². The van der Waals surface area contributed by atoms with E-state index in [1.165, 1.54) is 12.1 Å². The summed E-state index contributed by atoms with van der Waals surface area (Å²) in [6.45, 7) is 8.50. The lowest BCUT2D eigenvalue weighted by Crippen LogP contribution is -2.50. The largest absolute Gasteiger partial charge is 0.444 e. The number of benzene rings is 1. The van der Waals surface area contributed by atoms with Gasteiger partial charge in [-0.3, -0.25) is 20.4 Å². The lowest BCUT2D eigenvalue weighted by molar-refractivity contribution is -0.123. The van der Waals surface area contributed by atoms with Crippen LogP contribution in [-0.4, -0.2) is 29.0 Å². The predicted molar refractivity (Wildman–Crippen MR) is 90.1 cm³/mol. The molecule has 0 radical (unpaired) electrons. The van der Waals surface area contributed by atoms with Gasteiger partial charge in [0, 0.05) is 11.1 Å². The second-order valence-corrected chi connectivity index (χ2v) is 7.20. The van der Waals surface area contributed by atoms with Crippen molar-refractivity contribution in [3.05, 3.63) is 35.6 Å². The van der Waals surface area contributed by atoms with Crippen LogP contribution in [0.25, 0.3) is 0 Å². The van der Waals surface area contributed by atoms with Gasteiger partial charge in [-0.1, -0.05) is 0 Å². The Morgan fingerprint density at radius 2 is 1.56 bits per heavy atom. The average Bonchev–Trinajstić information content (AvgIpc) is 2.42. The van der Waals surface area contributed by atoms with Gasteiger partial charge in [-0.05, 0) is 58.9 Å². The molecule has 0 saturated heterocycles. The van der Waals surface area contributed by atoms with E-state index in [1.807, 2.05) is 0 Å². The fourth-order valence-corrected chi connectivity index (χ4v) is 1.87. The summed E-state index contributed by atoms with van der Waals surface area (Å²) < 4.78 is 17.9. The van der Waals surface area contributed by atoms with Crippen molar-refractivity contribution in [3.8, 4) is 0 Å². The summed E-state index contributed by atoms with van der Waals surface area (Å²) in [5.41, 5.74) is 3.15. The van der Waals surface area contributed by atoms with Crippen molar-refractivity contribution in [2.75, 3.05) is 0 Å². The van der Waals surface area contributed by atoms with Crippen molar-refractivity contribution in [3.63, 3.8) is 0 Å². The van der Waals surface area contributed by atoms with Gasteiger partial charge >= 0.3 is 6.09 Å². The van der Waals surface area contributed by atoms with Crippen LogP contribution in [-0.2, 0) is 9.53 Å². The van der Waals surface area contributed by atoms with Crippen LogP contribution >= 0.6 is 0 Å². The fourth-order valence-electron chi connectivity index (χ4n) is 1.87. The number of hydrazine groups is 1. The number of carbonyl (C=O) groups is 3. The minimum Gasteiger partial charge on any atom is -0.444 e. The first kappa shape index (κ1) is 20.4. The molecule has 7 nitrogen and oxygen atoms in total. The molecule has 1 rings (SSSR count). The van der Waals surface area contributed by atoms with E-state index >= 15 is 0 Å². The van der Waals surface area contributed by atoms with Crippen LogP contribution in [0, 0.1) is 5.82 Å². The normalized spacial score (nSPS) is 11.4. The van der Waals surface area contributed by atoms with E-state index in [0.717, 1.165) is 12.1 Å². The number of carbonyl (C=O) groups excluding carboxylic acids is 3. The molecule has 0 fully saturated rings. The third-order valence-electron chi connectivity index (χ3n) is 2.86. The summed E-state index contributed by atoms with van der Waals surface area (Å²) in [5.74, 6) is -1.54. The van der Waals surface area contributed by atoms with Crippen LogP contribution in [0.2, 0.25) is 0 Å². The molecule has 8 heteroatoms. The van der Waals surface area contributed by atoms with E-state index in [9.17, 15) is 18.8 Å². The molecule has 3 N–H and O–H groups in total. The van der Waals surface area contributed by atoms with Crippen molar-refractivity contribution < 1.29 is 23.5 Å². The van der Waals surface area contributed by atoms with Crippen LogP contribution in [0.3, 0.4) is 0 Å². The maximum absolute atomic E-state index is 12.8. The third kappa shape index (κ3) is 8.14. The van der Waals surface area contributed by atoms with E-state index in [4.69, 9.17) is 4.74 Å². The Kier molecular flexibility index (Phi) is 6.49. The molecule has 1 aromatic carbocycles. The molecule has 0 saturated carbocycles. The Hall–Kier alpha value is -2.64. The van der Waals surface area contributed by atoms with E-state index in [1.54, 1.807) is 34.6 Å². The van der Waals surface area contributed by atoms with E-state index in [0.29, 0.717) is 0 Å². The summed E-state index contributed by atoms with van der Waals surface area (Å²) in [6.07, 6.45) is -0.726. The molecule has 0 aliphatic rings. The number of halogens is 1. The number of hydrogen-bond acceptors (Lipinski definition) is 4. The van der Waals surface area contributed by atoms with Gasteiger partial charge in [0.15, 0.2) is 0 Å². The van der Waals surface area contributed by atoms with Crippen molar-refractivity contribution in [2.45, 2.75) is 52.2 Å². The predicted octanol–water partition coefficient (Wildman–Crippen LogP) is 2.28. The van der Waals surface area contributed by atoms with Gasteiger partial charge in [-0.15, -0.1) is 0 Å². The Morgan fingerprint density at radius 1 is 1.00 bits per heavy atom. The Morgan fingerprint density at radius 3 is 2.08 bits per heavy atom. The van der Waals surface area contributed by atoms with Crippen molar-refractivity contribution >= 4 is 17.9 Å². The standard InChI is InChI=1S/C17H24FN3O4/c1-16(2,3)25-15(24)19-17(4,5)10-13(22)20-21-14(23)11-6-8-12(18)9-7-11/h6-9H,10H2,1-5H3,(H,19,24)(H,20,22)(H,21,23). The van der Waals surface area contributed by atoms with E-state index < -0.39 is 34.9 Å². The molecule has 25 heavy (non-hydrogen) atoms. The van der Waals surface area contributed by atoms with Crippen LogP contribution < -0.4 is 16.2 Å². The zero-order valence-corrected chi connectivity index (χ0v) is 15.0. The monoisotopic (exact) mass is 353 g/mol. The molecule has 0 aliphatic carbocycles. The summed E-state index contributed by atoms with van der Waals surface area (Å²) in [4.78, 5) is 35.5. The van der Waals surface area contributed by atoms with E-state index in [2.05, 4.69) is 16.2 Å². The third-order valence-corrected chi connectivity index (χ3v) is 2.86. The van der Waals surface area contributed by atoms with Gasteiger partial charge in [0.25, 0.3) is 5.91 Å². The number of ether oxygens (including phenoxy) is 1.